The molecule has 6 nitrogen and oxygen atoms in total. The maximum Gasteiger partial charge on any atom is 0.410 e. The molecule has 0 saturated heterocycles. The number of carbonyl (C=O) groups is 1. The van der Waals surface area contributed by atoms with E-state index in [0.717, 1.165) is 16.9 Å². The smallest absolute Gasteiger partial charge is 0.410 e. The molecular formula is C21H29N3O3. The molecule has 6 heteroatoms. The molecule has 0 heterocycles. The first-order chi connectivity index (χ1) is 13.2. The van der Waals surface area contributed by atoms with Crippen molar-refractivity contribution in [1.29, 1.82) is 0 Å². The van der Waals surface area contributed by atoms with Crippen LogP contribution in [0.25, 0.3) is 0 Å². The lowest BCUT2D eigenvalue weighted by molar-refractivity contribution is 0.0825. The molecule has 27 heavy (non-hydrogen) atoms. The van der Waals surface area contributed by atoms with E-state index < -0.39 is 6.09 Å². The number of benzene rings is 2. The molecule has 146 valence electrons. The van der Waals surface area contributed by atoms with Gasteiger partial charge in [-0.25, -0.2) is 4.79 Å². The van der Waals surface area contributed by atoms with Crippen LogP contribution in [0.2, 0.25) is 0 Å². The second kappa shape index (κ2) is 11.2. The van der Waals surface area contributed by atoms with E-state index in [0.29, 0.717) is 32.7 Å². The normalized spacial score (nSPS) is 11.7. The van der Waals surface area contributed by atoms with Gasteiger partial charge in [-0.2, -0.15) is 0 Å². The third kappa shape index (κ3) is 6.58. The Morgan fingerprint density at radius 1 is 1.04 bits per heavy atom. The first kappa shape index (κ1) is 20.7. The van der Waals surface area contributed by atoms with E-state index in [1.54, 1.807) is 4.90 Å². The van der Waals surface area contributed by atoms with E-state index in [1.807, 2.05) is 61.5 Å². The minimum absolute atomic E-state index is 0.185. The standard InChI is InChI=1S/C21H29N3O3/c1-2-26-20-10-8-17(9-11-20)14-19(15-23)24(13-12-22)21(25)27-16-18-6-4-3-5-7-18/h3-11,19H,2,12-16,22-23H2,1H3/t19-/m0/s1. The Bertz CT molecular complexity index is 677. The van der Waals surface area contributed by atoms with Crippen molar-refractivity contribution in [2.45, 2.75) is 26.0 Å². The van der Waals surface area contributed by atoms with E-state index >= 15 is 0 Å². The molecule has 1 amide bonds. The number of ether oxygens (including phenoxy) is 2. The van der Waals surface area contributed by atoms with Crippen molar-refractivity contribution in [1.82, 2.24) is 4.90 Å². The molecule has 0 fully saturated rings. The zero-order valence-corrected chi connectivity index (χ0v) is 15.8. The Kier molecular flexibility index (Phi) is 8.61. The lowest BCUT2D eigenvalue weighted by Crippen LogP contribution is -2.48. The summed E-state index contributed by atoms with van der Waals surface area (Å²) < 4.78 is 10.9. The summed E-state index contributed by atoms with van der Waals surface area (Å²) in [6.45, 7) is 3.87. The van der Waals surface area contributed by atoms with Crippen LogP contribution < -0.4 is 16.2 Å². The predicted octanol–water partition coefficient (Wildman–Crippen LogP) is 2.55. The average molecular weight is 371 g/mol. The van der Waals surface area contributed by atoms with Gasteiger partial charge in [-0.15, -0.1) is 0 Å². The molecule has 2 aromatic rings. The van der Waals surface area contributed by atoms with Gasteiger partial charge < -0.3 is 25.8 Å². The summed E-state index contributed by atoms with van der Waals surface area (Å²) in [5.41, 5.74) is 13.7. The van der Waals surface area contributed by atoms with Crippen LogP contribution in [-0.2, 0) is 17.8 Å². The summed E-state index contributed by atoms with van der Waals surface area (Å²) in [4.78, 5) is 14.2. The van der Waals surface area contributed by atoms with E-state index in [4.69, 9.17) is 20.9 Å². The Morgan fingerprint density at radius 3 is 2.33 bits per heavy atom. The van der Waals surface area contributed by atoms with Gasteiger partial charge in [0.05, 0.1) is 12.6 Å². The highest BCUT2D eigenvalue weighted by molar-refractivity contribution is 5.68. The summed E-state index contributed by atoms with van der Waals surface area (Å²) in [5.74, 6) is 0.826. The van der Waals surface area contributed by atoms with Crippen LogP contribution in [0.1, 0.15) is 18.1 Å². The van der Waals surface area contributed by atoms with Gasteiger partial charge in [-0.1, -0.05) is 42.5 Å². The molecule has 1 atom stereocenters. The second-order valence-corrected chi connectivity index (χ2v) is 6.19. The van der Waals surface area contributed by atoms with Crippen LogP contribution >= 0.6 is 0 Å². The molecule has 0 aliphatic carbocycles. The molecule has 0 unspecified atom stereocenters. The van der Waals surface area contributed by atoms with E-state index in [2.05, 4.69) is 0 Å². The van der Waals surface area contributed by atoms with E-state index in [-0.39, 0.29) is 12.6 Å². The maximum atomic E-state index is 12.6. The molecule has 0 aromatic heterocycles. The molecule has 2 rings (SSSR count). The Morgan fingerprint density at radius 2 is 1.74 bits per heavy atom. The first-order valence-electron chi connectivity index (χ1n) is 9.27. The number of nitrogens with two attached hydrogens (primary N) is 2. The Hall–Kier alpha value is -2.57. The quantitative estimate of drug-likeness (QED) is 0.670. The SMILES string of the molecule is CCOc1ccc(C[C@@H](CN)N(CCN)C(=O)OCc2ccccc2)cc1. The van der Waals surface area contributed by atoms with Crippen molar-refractivity contribution in [2.24, 2.45) is 11.5 Å². The lowest BCUT2D eigenvalue weighted by atomic mass is 10.0. The Labute approximate surface area is 161 Å². The number of rotatable bonds is 10. The fourth-order valence-electron chi connectivity index (χ4n) is 2.85. The van der Waals surface area contributed by atoms with Gasteiger partial charge in [0.2, 0.25) is 0 Å². The lowest BCUT2D eigenvalue weighted by Gasteiger charge is -2.30. The van der Waals surface area contributed by atoms with Gasteiger partial charge in [-0.05, 0) is 36.6 Å². The van der Waals surface area contributed by atoms with Crippen LogP contribution in [0.3, 0.4) is 0 Å². The first-order valence-corrected chi connectivity index (χ1v) is 9.27. The van der Waals surface area contributed by atoms with Crippen LogP contribution in [0.15, 0.2) is 54.6 Å². The van der Waals surface area contributed by atoms with Crippen molar-refractivity contribution < 1.29 is 14.3 Å². The minimum Gasteiger partial charge on any atom is -0.494 e. The monoisotopic (exact) mass is 371 g/mol. The highest BCUT2D eigenvalue weighted by Crippen LogP contribution is 2.16. The molecular weight excluding hydrogens is 342 g/mol. The van der Waals surface area contributed by atoms with Gasteiger partial charge in [-0.3, -0.25) is 0 Å². The summed E-state index contributed by atoms with van der Waals surface area (Å²) in [6, 6.07) is 17.2. The van der Waals surface area contributed by atoms with Crippen LogP contribution in [0, 0.1) is 0 Å². The van der Waals surface area contributed by atoms with Crippen molar-refractivity contribution in [3.63, 3.8) is 0 Å². The number of carbonyl (C=O) groups excluding carboxylic acids is 1. The molecule has 2 aromatic carbocycles. The third-order valence-corrected chi connectivity index (χ3v) is 4.23. The van der Waals surface area contributed by atoms with E-state index in [1.165, 1.54) is 0 Å². The highest BCUT2D eigenvalue weighted by Gasteiger charge is 2.23. The number of nitrogens with zero attached hydrogens (tertiary/aromatic N) is 1. The average Bonchev–Trinajstić information content (AvgIpc) is 2.71. The summed E-state index contributed by atoms with van der Waals surface area (Å²) >= 11 is 0. The molecule has 4 N–H and O–H groups in total. The molecule has 0 saturated carbocycles. The van der Waals surface area contributed by atoms with Crippen LogP contribution in [0.5, 0.6) is 5.75 Å². The van der Waals surface area contributed by atoms with Crippen LogP contribution in [0.4, 0.5) is 4.79 Å². The fraction of sp³-hybridized carbons (Fsp3) is 0.381. The second-order valence-electron chi connectivity index (χ2n) is 6.19. The molecule has 0 aliphatic rings. The third-order valence-electron chi connectivity index (χ3n) is 4.23. The van der Waals surface area contributed by atoms with Gasteiger partial charge in [0.25, 0.3) is 0 Å². The summed E-state index contributed by atoms with van der Waals surface area (Å²) in [7, 11) is 0. The highest BCUT2D eigenvalue weighted by atomic mass is 16.6. The van der Waals surface area contributed by atoms with Gasteiger partial charge in [0, 0.05) is 19.6 Å². The van der Waals surface area contributed by atoms with Crippen molar-refractivity contribution >= 4 is 6.09 Å². The number of amides is 1. The molecule has 0 aliphatic heterocycles. The predicted molar refractivity (Wildman–Crippen MR) is 107 cm³/mol. The van der Waals surface area contributed by atoms with Crippen molar-refractivity contribution in [2.75, 3.05) is 26.2 Å². The fourth-order valence-corrected chi connectivity index (χ4v) is 2.85. The zero-order valence-electron chi connectivity index (χ0n) is 15.8. The van der Waals surface area contributed by atoms with Gasteiger partial charge >= 0.3 is 6.09 Å². The molecule has 0 spiro atoms. The summed E-state index contributed by atoms with van der Waals surface area (Å²) in [6.07, 6.45) is 0.231. The number of hydrogen-bond donors (Lipinski definition) is 2. The topological polar surface area (TPSA) is 90.8 Å². The minimum atomic E-state index is -0.398. The van der Waals surface area contributed by atoms with E-state index in [9.17, 15) is 4.79 Å². The largest absolute Gasteiger partial charge is 0.494 e. The Balaban J connectivity index is 2.01. The molecule has 0 bridgehead atoms. The zero-order chi connectivity index (χ0) is 19.5. The van der Waals surface area contributed by atoms with Gasteiger partial charge in [0.15, 0.2) is 0 Å². The van der Waals surface area contributed by atoms with Crippen molar-refractivity contribution in [3.8, 4) is 5.75 Å². The number of hydrogen-bond acceptors (Lipinski definition) is 5. The van der Waals surface area contributed by atoms with Gasteiger partial charge in [0.1, 0.15) is 12.4 Å². The summed E-state index contributed by atoms with van der Waals surface area (Å²) in [5, 5.41) is 0. The maximum absolute atomic E-state index is 12.6. The van der Waals surface area contributed by atoms with Crippen LogP contribution in [-0.4, -0.2) is 43.3 Å². The molecule has 0 radical (unpaired) electrons. The van der Waals surface area contributed by atoms with Crippen molar-refractivity contribution in [3.05, 3.63) is 65.7 Å².